The van der Waals surface area contributed by atoms with E-state index in [4.69, 9.17) is 5.73 Å². The summed E-state index contributed by atoms with van der Waals surface area (Å²) in [6, 6.07) is 0. The van der Waals surface area contributed by atoms with Crippen molar-refractivity contribution in [3.8, 4) is 0 Å². The number of thiazole rings is 1. The van der Waals surface area contributed by atoms with Crippen molar-refractivity contribution < 1.29 is 0 Å². The van der Waals surface area contributed by atoms with Crippen LogP contribution in [-0.4, -0.2) is 15.0 Å². The Kier molecular flexibility index (Phi) is 3.00. The van der Waals surface area contributed by atoms with Crippen LogP contribution >= 0.6 is 11.3 Å². The van der Waals surface area contributed by atoms with Crippen molar-refractivity contribution >= 4 is 23.0 Å². The van der Waals surface area contributed by atoms with E-state index in [-0.39, 0.29) is 0 Å². The number of aromatic nitrogens is 3. The highest BCUT2D eigenvalue weighted by molar-refractivity contribution is 7.09. The Hall–Kier alpha value is -1.69. The molecule has 0 amide bonds. The van der Waals surface area contributed by atoms with Gasteiger partial charge in [0.05, 0.1) is 17.7 Å². The molecule has 2 rings (SSSR count). The average molecular weight is 235 g/mol. The number of aryl methyl sites for hydroxylation is 1. The summed E-state index contributed by atoms with van der Waals surface area (Å²) in [5.74, 6) is 1.29. The molecular formula is C10H13N5S. The maximum Gasteiger partial charge on any atom is 0.134 e. The SMILES string of the molecule is Cc1ncsc1CNc1ncnc(N)c1C. The van der Waals surface area contributed by atoms with Gasteiger partial charge in [0.15, 0.2) is 0 Å². The fourth-order valence-electron chi connectivity index (χ4n) is 1.30. The zero-order chi connectivity index (χ0) is 11.5. The second kappa shape index (κ2) is 4.44. The Morgan fingerprint density at radius 1 is 1.31 bits per heavy atom. The summed E-state index contributed by atoms with van der Waals surface area (Å²) >= 11 is 1.63. The maximum absolute atomic E-state index is 5.70. The van der Waals surface area contributed by atoms with Gasteiger partial charge in [-0.3, -0.25) is 0 Å². The van der Waals surface area contributed by atoms with E-state index in [9.17, 15) is 0 Å². The van der Waals surface area contributed by atoms with Gasteiger partial charge < -0.3 is 11.1 Å². The highest BCUT2D eigenvalue weighted by Gasteiger charge is 2.05. The van der Waals surface area contributed by atoms with Crippen molar-refractivity contribution in [1.82, 2.24) is 15.0 Å². The van der Waals surface area contributed by atoms with E-state index in [0.717, 1.165) is 17.1 Å². The number of nitrogens with one attached hydrogen (secondary N) is 1. The van der Waals surface area contributed by atoms with E-state index in [0.29, 0.717) is 12.4 Å². The van der Waals surface area contributed by atoms with Crippen LogP contribution in [0.1, 0.15) is 16.1 Å². The number of rotatable bonds is 3. The molecule has 3 N–H and O–H groups in total. The van der Waals surface area contributed by atoms with Gasteiger partial charge in [0.2, 0.25) is 0 Å². The molecule has 2 heterocycles. The van der Waals surface area contributed by atoms with Crippen molar-refractivity contribution in [2.24, 2.45) is 0 Å². The van der Waals surface area contributed by atoms with Crippen LogP contribution in [0.3, 0.4) is 0 Å². The molecular weight excluding hydrogens is 222 g/mol. The molecule has 0 aliphatic carbocycles. The van der Waals surface area contributed by atoms with E-state index in [1.807, 2.05) is 19.4 Å². The summed E-state index contributed by atoms with van der Waals surface area (Å²) in [6.07, 6.45) is 1.46. The number of anilines is 2. The molecule has 0 unspecified atom stereocenters. The van der Waals surface area contributed by atoms with Crippen molar-refractivity contribution in [3.05, 3.63) is 28.0 Å². The Morgan fingerprint density at radius 3 is 2.81 bits per heavy atom. The predicted molar refractivity (Wildman–Crippen MR) is 65.4 cm³/mol. The second-order valence-corrected chi connectivity index (χ2v) is 4.39. The third-order valence-corrected chi connectivity index (χ3v) is 3.32. The summed E-state index contributed by atoms with van der Waals surface area (Å²) in [5.41, 5.74) is 9.47. The van der Waals surface area contributed by atoms with Crippen LogP contribution in [-0.2, 0) is 6.54 Å². The quantitative estimate of drug-likeness (QED) is 0.847. The summed E-state index contributed by atoms with van der Waals surface area (Å²) in [6.45, 7) is 4.61. The van der Waals surface area contributed by atoms with Gasteiger partial charge in [0.25, 0.3) is 0 Å². The molecule has 2 aromatic rings. The highest BCUT2D eigenvalue weighted by atomic mass is 32.1. The lowest BCUT2D eigenvalue weighted by atomic mass is 10.3. The number of hydrogen-bond acceptors (Lipinski definition) is 6. The summed E-state index contributed by atoms with van der Waals surface area (Å²) in [5, 5.41) is 3.24. The molecule has 0 spiro atoms. The van der Waals surface area contributed by atoms with Gasteiger partial charge in [0.1, 0.15) is 18.0 Å². The van der Waals surface area contributed by atoms with Crippen LogP contribution < -0.4 is 11.1 Å². The standard InChI is InChI=1S/C10H13N5S/c1-6-9(11)13-4-14-10(6)12-3-8-7(2)15-5-16-8/h4-5H,3H2,1-2H3,(H3,11,12,13,14). The van der Waals surface area contributed by atoms with Gasteiger partial charge in [-0.15, -0.1) is 11.3 Å². The molecule has 0 fully saturated rings. The van der Waals surface area contributed by atoms with Crippen molar-refractivity contribution in [3.63, 3.8) is 0 Å². The number of nitrogens with two attached hydrogens (primary N) is 1. The normalized spacial score (nSPS) is 10.4. The first-order valence-corrected chi connectivity index (χ1v) is 5.76. The zero-order valence-corrected chi connectivity index (χ0v) is 10.0. The molecule has 0 saturated heterocycles. The molecule has 6 heteroatoms. The minimum absolute atomic E-state index is 0.513. The lowest BCUT2D eigenvalue weighted by molar-refractivity contribution is 1.06. The second-order valence-electron chi connectivity index (χ2n) is 3.45. The van der Waals surface area contributed by atoms with Crippen LogP contribution in [0.25, 0.3) is 0 Å². The van der Waals surface area contributed by atoms with E-state index in [2.05, 4.69) is 20.3 Å². The molecule has 0 saturated carbocycles. The number of nitrogen functional groups attached to an aromatic ring is 1. The largest absolute Gasteiger partial charge is 0.383 e. The van der Waals surface area contributed by atoms with E-state index >= 15 is 0 Å². The molecule has 2 aromatic heterocycles. The van der Waals surface area contributed by atoms with Crippen LogP contribution in [0.15, 0.2) is 11.8 Å². The highest BCUT2D eigenvalue weighted by Crippen LogP contribution is 2.18. The van der Waals surface area contributed by atoms with E-state index in [1.54, 1.807) is 11.3 Å². The smallest absolute Gasteiger partial charge is 0.134 e. The van der Waals surface area contributed by atoms with Gasteiger partial charge in [-0.25, -0.2) is 15.0 Å². The predicted octanol–water partition coefficient (Wildman–Crippen LogP) is 1.74. The van der Waals surface area contributed by atoms with Crippen LogP contribution in [0.5, 0.6) is 0 Å². The monoisotopic (exact) mass is 235 g/mol. The molecule has 0 bridgehead atoms. The van der Waals surface area contributed by atoms with Crippen LogP contribution in [0, 0.1) is 13.8 Å². The minimum Gasteiger partial charge on any atom is -0.383 e. The van der Waals surface area contributed by atoms with Gasteiger partial charge in [-0.05, 0) is 13.8 Å². The molecule has 0 aromatic carbocycles. The summed E-state index contributed by atoms with van der Waals surface area (Å²) in [7, 11) is 0. The van der Waals surface area contributed by atoms with E-state index in [1.165, 1.54) is 11.2 Å². The Balaban J connectivity index is 2.11. The fourth-order valence-corrected chi connectivity index (χ4v) is 2.02. The van der Waals surface area contributed by atoms with Crippen molar-refractivity contribution in [2.45, 2.75) is 20.4 Å². The Labute approximate surface area is 97.8 Å². The van der Waals surface area contributed by atoms with E-state index < -0.39 is 0 Å². The Morgan fingerprint density at radius 2 is 2.12 bits per heavy atom. The number of hydrogen-bond donors (Lipinski definition) is 2. The minimum atomic E-state index is 0.513. The first-order valence-electron chi connectivity index (χ1n) is 4.88. The summed E-state index contributed by atoms with van der Waals surface area (Å²) < 4.78 is 0. The van der Waals surface area contributed by atoms with Gasteiger partial charge in [-0.1, -0.05) is 0 Å². The van der Waals surface area contributed by atoms with Crippen molar-refractivity contribution in [1.29, 1.82) is 0 Å². The summed E-state index contributed by atoms with van der Waals surface area (Å²) in [4.78, 5) is 13.5. The average Bonchev–Trinajstić information content (AvgIpc) is 2.67. The van der Waals surface area contributed by atoms with Gasteiger partial charge >= 0.3 is 0 Å². The first kappa shape index (κ1) is 10.8. The fraction of sp³-hybridized carbons (Fsp3) is 0.300. The first-order chi connectivity index (χ1) is 7.68. The van der Waals surface area contributed by atoms with Crippen molar-refractivity contribution in [2.75, 3.05) is 11.1 Å². The molecule has 84 valence electrons. The molecule has 0 atom stereocenters. The van der Waals surface area contributed by atoms with Crippen LogP contribution in [0.4, 0.5) is 11.6 Å². The topological polar surface area (TPSA) is 76.7 Å². The molecule has 5 nitrogen and oxygen atoms in total. The molecule has 0 aliphatic heterocycles. The molecule has 0 radical (unpaired) electrons. The maximum atomic E-state index is 5.70. The lowest BCUT2D eigenvalue weighted by Crippen LogP contribution is -2.05. The Bertz CT molecular complexity index is 494. The third kappa shape index (κ3) is 2.11. The van der Waals surface area contributed by atoms with Gasteiger partial charge in [0, 0.05) is 10.4 Å². The zero-order valence-electron chi connectivity index (χ0n) is 9.19. The van der Waals surface area contributed by atoms with Crippen LogP contribution in [0.2, 0.25) is 0 Å². The van der Waals surface area contributed by atoms with Gasteiger partial charge in [-0.2, -0.15) is 0 Å². The molecule has 16 heavy (non-hydrogen) atoms. The molecule has 0 aliphatic rings. The number of nitrogens with zero attached hydrogens (tertiary/aromatic N) is 3. The third-order valence-electron chi connectivity index (χ3n) is 2.38. The lowest BCUT2D eigenvalue weighted by Gasteiger charge is -2.08.